The average Bonchev–Trinajstić information content (AvgIpc) is 2.97. The van der Waals surface area contributed by atoms with Crippen molar-refractivity contribution in [2.45, 2.75) is 31.6 Å². The van der Waals surface area contributed by atoms with Crippen LogP contribution in [-0.4, -0.2) is 47.9 Å². The van der Waals surface area contributed by atoms with Crippen LogP contribution in [0.3, 0.4) is 0 Å². The number of carbonyl (C=O) groups excluding carboxylic acids is 1. The number of carbonyl (C=O) groups is 1. The Hall–Kier alpha value is -0.290. The number of hydrazine groups is 1. The van der Waals surface area contributed by atoms with Crippen molar-refractivity contribution in [2.75, 3.05) is 32.8 Å². The van der Waals surface area contributed by atoms with Crippen molar-refractivity contribution in [3.05, 3.63) is 26.5 Å². The first-order valence-electron chi connectivity index (χ1n) is 8.82. The van der Waals surface area contributed by atoms with Gasteiger partial charge in [0.1, 0.15) is 15.4 Å². The number of rotatable bonds is 11. The number of nitrogens with zero attached hydrogens (tertiary/aromatic N) is 2. The highest BCUT2D eigenvalue weighted by atomic mass is 79.9. The number of nitrogens with one attached hydrogen (secondary N) is 1. The van der Waals surface area contributed by atoms with E-state index < -0.39 is 0 Å². The number of hydrogen-bond donors (Lipinski definition) is 2. The lowest BCUT2D eigenvalue weighted by Gasteiger charge is -2.54. The molecular formula is C17H25BrN4O2S2. The highest BCUT2D eigenvalue weighted by molar-refractivity contribution is 9.10. The standard InChI is InChI=1S/C17H25BrN4O2S2/c18-15-8-25-16(21-15)13(7-14(23)3-1-2-5-20-19)4-6-26-22-9-17(10-22)11-24-12-17/h4,6,8,13,20H,1-3,5,7,9-12,19H2. The van der Waals surface area contributed by atoms with Gasteiger partial charge in [0.05, 0.1) is 13.2 Å². The lowest BCUT2D eigenvalue weighted by atomic mass is 9.80. The fourth-order valence-electron chi connectivity index (χ4n) is 3.14. The maximum Gasteiger partial charge on any atom is 0.133 e. The number of nitrogens with two attached hydrogens (primary N) is 1. The van der Waals surface area contributed by atoms with E-state index >= 15 is 0 Å². The minimum absolute atomic E-state index is 0.0428. The summed E-state index contributed by atoms with van der Waals surface area (Å²) in [6.45, 7) is 4.72. The lowest BCUT2D eigenvalue weighted by molar-refractivity contribution is -0.164. The largest absolute Gasteiger partial charge is 0.380 e. The summed E-state index contributed by atoms with van der Waals surface area (Å²) in [7, 11) is 0. The van der Waals surface area contributed by atoms with Crippen LogP contribution >= 0.6 is 39.2 Å². The molecule has 0 aromatic carbocycles. The van der Waals surface area contributed by atoms with E-state index in [2.05, 4.69) is 42.1 Å². The number of allylic oxidation sites excluding steroid dienone is 1. The molecule has 0 bridgehead atoms. The zero-order valence-corrected chi connectivity index (χ0v) is 17.9. The SMILES string of the molecule is NNCCCCC(=O)CC(C=CSN1CC2(COC2)C1)c1nc(Br)cs1. The first-order valence-corrected chi connectivity index (χ1v) is 11.3. The molecule has 1 aromatic rings. The van der Waals surface area contributed by atoms with Crippen LogP contribution in [0.25, 0.3) is 0 Å². The molecular weight excluding hydrogens is 436 g/mol. The predicted molar refractivity (Wildman–Crippen MR) is 110 cm³/mol. The van der Waals surface area contributed by atoms with E-state index in [0.717, 1.165) is 55.3 Å². The maximum absolute atomic E-state index is 12.3. The Morgan fingerprint density at radius 2 is 2.35 bits per heavy atom. The lowest BCUT2D eigenvalue weighted by Crippen LogP contribution is -2.63. The minimum Gasteiger partial charge on any atom is -0.380 e. The number of ether oxygens (including phenoxy) is 1. The third-order valence-corrected chi connectivity index (χ3v) is 7.17. The first-order chi connectivity index (χ1) is 12.6. The molecule has 2 saturated heterocycles. The van der Waals surface area contributed by atoms with E-state index in [1.54, 1.807) is 23.3 Å². The summed E-state index contributed by atoms with van der Waals surface area (Å²) in [5.41, 5.74) is 3.05. The van der Waals surface area contributed by atoms with Crippen molar-refractivity contribution in [2.24, 2.45) is 11.3 Å². The van der Waals surface area contributed by atoms with Gasteiger partial charge in [-0.05, 0) is 34.2 Å². The Bertz CT molecular complexity index is 628. The van der Waals surface area contributed by atoms with E-state index in [9.17, 15) is 4.79 Å². The van der Waals surface area contributed by atoms with Gasteiger partial charge in [-0.3, -0.25) is 16.1 Å². The highest BCUT2D eigenvalue weighted by Gasteiger charge is 2.48. The Morgan fingerprint density at radius 1 is 1.54 bits per heavy atom. The fourth-order valence-corrected chi connectivity index (χ4v) is 5.61. The van der Waals surface area contributed by atoms with Crippen molar-refractivity contribution >= 4 is 45.0 Å². The topological polar surface area (TPSA) is 80.5 Å². The van der Waals surface area contributed by atoms with E-state index in [1.165, 1.54) is 0 Å². The minimum atomic E-state index is 0.0428. The van der Waals surface area contributed by atoms with Crippen molar-refractivity contribution in [1.82, 2.24) is 14.7 Å². The Balaban J connectivity index is 1.48. The van der Waals surface area contributed by atoms with Crippen LogP contribution in [0.1, 0.15) is 36.6 Å². The molecule has 1 aromatic heterocycles. The van der Waals surface area contributed by atoms with Gasteiger partial charge >= 0.3 is 0 Å². The van der Waals surface area contributed by atoms with Crippen molar-refractivity contribution in [3.8, 4) is 0 Å². The van der Waals surface area contributed by atoms with E-state index in [4.69, 9.17) is 10.6 Å². The molecule has 0 amide bonds. The van der Waals surface area contributed by atoms with Crippen LogP contribution in [0.4, 0.5) is 0 Å². The summed E-state index contributed by atoms with van der Waals surface area (Å²) < 4.78 is 8.48. The smallest absolute Gasteiger partial charge is 0.133 e. The number of thiazole rings is 1. The Labute approximate surface area is 171 Å². The zero-order valence-electron chi connectivity index (χ0n) is 14.7. The van der Waals surface area contributed by atoms with Crippen LogP contribution in [0.2, 0.25) is 0 Å². The monoisotopic (exact) mass is 460 g/mol. The maximum atomic E-state index is 12.3. The number of halogens is 1. The molecule has 3 heterocycles. The summed E-state index contributed by atoms with van der Waals surface area (Å²) >= 11 is 6.73. The molecule has 26 heavy (non-hydrogen) atoms. The van der Waals surface area contributed by atoms with Gasteiger partial charge in [0.2, 0.25) is 0 Å². The Morgan fingerprint density at radius 3 is 2.96 bits per heavy atom. The quantitative estimate of drug-likeness (QED) is 0.227. The van der Waals surface area contributed by atoms with Gasteiger partial charge in [-0.25, -0.2) is 9.29 Å². The molecule has 144 valence electrons. The summed E-state index contributed by atoms with van der Waals surface area (Å²) in [5.74, 6) is 5.58. The summed E-state index contributed by atoms with van der Waals surface area (Å²) in [5, 5.41) is 5.06. The van der Waals surface area contributed by atoms with Gasteiger partial charge in [-0.2, -0.15) is 0 Å². The second kappa shape index (κ2) is 9.77. The van der Waals surface area contributed by atoms with Gasteiger partial charge in [0, 0.05) is 49.2 Å². The van der Waals surface area contributed by atoms with Crippen LogP contribution in [0.15, 0.2) is 21.5 Å². The van der Waals surface area contributed by atoms with Gasteiger partial charge in [0.15, 0.2) is 0 Å². The summed E-state index contributed by atoms with van der Waals surface area (Å²) in [6, 6.07) is 0. The second-order valence-corrected chi connectivity index (χ2v) is 9.70. The van der Waals surface area contributed by atoms with Crippen molar-refractivity contribution in [1.29, 1.82) is 0 Å². The molecule has 0 saturated carbocycles. The van der Waals surface area contributed by atoms with E-state index in [0.29, 0.717) is 18.3 Å². The third-order valence-electron chi connectivity index (χ3n) is 4.65. The van der Waals surface area contributed by atoms with Gasteiger partial charge < -0.3 is 4.74 Å². The van der Waals surface area contributed by atoms with Gasteiger partial charge in [-0.1, -0.05) is 18.0 Å². The molecule has 0 radical (unpaired) electrons. The van der Waals surface area contributed by atoms with Crippen LogP contribution < -0.4 is 11.3 Å². The van der Waals surface area contributed by atoms with Crippen LogP contribution in [-0.2, 0) is 9.53 Å². The number of aromatic nitrogens is 1. The molecule has 1 unspecified atom stereocenters. The molecule has 9 heteroatoms. The van der Waals surface area contributed by atoms with Crippen molar-refractivity contribution < 1.29 is 9.53 Å². The molecule has 1 atom stereocenters. The predicted octanol–water partition coefficient (Wildman–Crippen LogP) is 3.08. The normalized spacial score (nSPS) is 20.2. The van der Waals surface area contributed by atoms with E-state index in [1.807, 2.05) is 5.38 Å². The molecule has 1 spiro atoms. The van der Waals surface area contributed by atoms with Crippen LogP contribution in [0.5, 0.6) is 0 Å². The van der Waals surface area contributed by atoms with Gasteiger partial charge in [0.25, 0.3) is 0 Å². The van der Waals surface area contributed by atoms with E-state index in [-0.39, 0.29) is 11.7 Å². The number of Topliss-reactive ketones (excluding diaryl/α,β-unsaturated/α-hetero) is 1. The summed E-state index contributed by atoms with van der Waals surface area (Å²) in [6.07, 6.45) is 5.01. The van der Waals surface area contributed by atoms with Crippen molar-refractivity contribution in [3.63, 3.8) is 0 Å². The zero-order chi connectivity index (χ0) is 18.4. The summed E-state index contributed by atoms with van der Waals surface area (Å²) in [4.78, 5) is 16.9. The molecule has 6 nitrogen and oxygen atoms in total. The average molecular weight is 461 g/mol. The fraction of sp³-hybridized carbons (Fsp3) is 0.647. The molecule has 2 aliphatic heterocycles. The Kier molecular flexibility index (Phi) is 7.68. The highest BCUT2D eigenvalue weighted by Crippen LogP contribution is 2.41. The third kappa shape index (κ3) is 5.60. The first kappa shape index (κ1) is 20.4. The second-order valence-electron chi connectivity index (χ2n) is 6.99. The number of hydrogen-bond acceptors (Lipinski definition) is 8. The molecule has 3 rings (SSSR count). The number of unbranched alkanes of at least 4 members (excludes halogenated alkanes) is 1. The number of ketones is 1. The molecule has 3 N–H and O–H groups in total. The van der Waals surface area contributed by atoms with Crippen LogP contribution in [0, 0.1) is 5.41 Å². The molecule has 2 aliphatic rings. The van der Waals surface area contributed by atoms with Gasteiger partial charge in [-0.15, -0.1) is 11.3 Å². The molecule has 0 aliphatic carbocycles. The molecule has 2 fully saturated rings.